The highest BCUT2D eigenvalue weighted by atomic mass is 16.5. The minimum Gasteiger partial charge on any atom is -0.478 e. The lowest BCUT2D eigenvalue weighted by Crippen LogP contribution is -2.30. The van der Waals surface area contributed by atoms with Crippen molar-refractivity contribution in [3.63, 3.8) is 0 Å². The monoisotopic (exact) mass is 461 g/mol. The SMILES string of the molecule is Cc1ccc(C(O)C(O)CCNC(=O)OCC2c3ccccc3-c3ccccc32)cc1C(=O)O. The predicted molar refractivity (Wildman–Crippen MR) is 127 cm³/mol. The molecule has 4 rings (SSSR count). The highest BCUT2D eigenvalue weighted by Crippen LogP contribution is 2.44. The Kier molecular flexibility index (Phi) is 6.95. The lowest BCUT2D eigenvalue weighted by molar-refractivity contribution is 0.0136. The number of aryl methyl sites for hydroxylation is 1. The number of aliphatic hydroxyl groups excluding tert-OH is 2. The fraction of sp³-hybridized carbons (Fsp3) is 0.259. The van der Waals surface area contributed by atoms with Crippen molar-refractivity contribution < 1.29 is 29.6 Å². The molecule has 2 atom stereocenters. The van der Waals surface area contributed by atoms with Gasteiger partial charge in [-0.3, -0.25) is 0 Å². The van der Waals surface area contributed by atoms with E-state index in [-0.39, 0.29) is 31.1 Å². The predicted octanol–water partition coefficient (Wildman–Crippen LogP) is 4.02. The number of ether oxygens (including phenoxy) is 1. The van der Waals surface area contributed by atoms with Gasteiger partial charge in [0.2, 0.25) is 0 Å². The maximum Gasteiger partial charge on any atom is 0.407 e. The van der Waals surface area contributed by atoms with E-state index in [0.29, 0.717) is 11.1 Å². The Morgan fingerprint density at radius 3 is 2.21 bits per heavy atom. The molecule has 1 aliphatic rings. The van der Waals surface area contributed by atoms with E-state index >= 15 is 0 Å². The number of hydrogen-bond donors (Lipinski definition) is 4. The molecule has 1 amide bonds. The van der Waals surface area contributed by atoms with Crippen LogP contribution in [0.5, 0.6) is 0 Å². The number of fused-ring (bicyclic) bond motifs is 3. The molecule has 7 heteroatoms. The molecule has 4 N–H and O–H groups in total. The van der Waals surface area contributed by atoms with Gasteiger partial charge >= 0.3 is 12.1 Å². The zero-order chi connectivity index (χ0) is 24.2. The molecular weight excluding hydrogens is 434 g/mol. The van der Waals surface area contributed by atoms with E-state index in [4.69, 9.17) is 4.74 Å². The van der Waals surface area contributed by atoms with Gasteiger partial charge in [-0.1, -0.05) is 60.7 Å². The summed E-state index contributed by atoms with van der Waals surface area (Å²) in [6, 6.07) is 20.6. The second-order valence-electron chi connectivity index (χ2n) is 8.43. The standard InChI is InChI=1S/C27H27NO6/c1-16-10-11-17(14-22(16)26(31)32)25(30)24(29)12-13-28-27(33)34-15-23-20-8-4-2-6-18(20)19-7-3-5-9-21(19)23/h2-11,14,23-25,29-30H,12-13,15H2,1H3,(H,28,33)(H,31,32). The topological polar surface area (TPSA) is 116 Å². The van der Waals surface area contributed by atoms with Gasteiger partial charge in [-0.15, -0.1) is 0 Å². The van der Waals surface area contributed by atoms with E-state index in [1.54, 1.807) is 19.1 Å². The van der Waals surface area contributed by atoms with Gasteiger partial charge in [-0.2, -0.15) is 0 Å². The number of nitrogens with one attached hydrogen (secondary N) is 1. The van der Waals surface area contributed by atoms with Crippen LogP contribution in [0.4, 0.5) is 4.79 Å². The quantitative estimate of drug-likeness (QED) is 0.403. The minimum atomic E-state index is -1.27. The summed E-state index contributed by atoms with van der Waals surface area (Å²) in [6.07, 6.45) is -2.99. The van der Waals surface area contributed by atoms with Crippen molar-refractivity contribution in [3.8, 4) is 11.1 Å². The van der Waals surface area contributed by atoms with Gasteiger partial charge in [0.1, 0.15) is 12.7 Å². The molecule has 0 heterocycles. The number of carbonyl (C=O) groups is 2. The summed E-state index contributed by atoms with van der Waals surface area (Å²) in [7, 11) is 0. The molecule has 176 valence electrons. The maximum atomic E-state index is 12.3. The first-order valence-electron chi connectivity index (χ1n) is 11.2. The summed E-state index contributed by atoms with van der Waals surface area (Å²) in [4.78, 5) is 23.6. The van der Waals surface area contributed by atoms with Crippen LogP contribution in [0.3, 0.4) is 0 Å². The third kappa shape index (κ3) is 4.81. The molecule has 0 saturated carbocycles. The Labute approximate surface area is 197 Å². The van der Waals surface area contributed by atoms with Gasteiger partial charge in [0.15, 0.2) is 0 Å². The second-order valence-corrected chi connectivity index (χ2v) is 8.43. The highest BCUT2D eigenvalue weighted by molar-refractivity contribution is 5.89. The number of amides is 1. The van der Waals surface area contributed by atoms with Crippen molar-refractivity contribution in [1.82, 2.24) is 5.32 Å². The number of rotatable bonds is 8. The smallest absolute Gasteiger partial charge is 0.407 e. The maximum absolute atomic E-state index is 12.3. The van der Waals surface area contributed by atoms with Gasteiger partial charge in [0.05, 0.1) is 11.7 Å². The zero-order valence-corrected chi connectivity index (χ0v) is 18.8. The molecule has 0 fully saturated rings. The number of aromatic carboxylic acids is 1. The molecule has 7 nitrogen and oxygen atoms in total. The summed E-state index contributed by atoms with van der Waals surface area (Å²) < 4.78 is 5.46. The van der Waals surface area contributed by atoms with Crippen LogP contribution in [-0.2, 0) is 4.74 Å². The molecule has 34 heavy (non-hydrogen) atoms. The molecule has 3 aromatic carbocycles. The molecule has 0 bridgehead atoms. The Morgan fingerprint density at radius 1 is 0.971 bits per heavy atom. The van der Waals surface area contributed by atoms with Gasteiger partial charge < -0.3 is 25.4 Å². The minimum absolute atomic E-state index is 0.0458. The van der Waals surface area contributed by atoms with E-state index in [1.807, 2.05) is 36.4 Å². The van der Waals surface area contributed by atoms with Crippen LogP contribution < -0.4 is 5.32 Å². The van der Waals surface area contributed by atoms with Gasteiger partial charge in [-0.05, 0) is 52.8 Å². The third-order valence-corrected chi connectivity index (χ3v) is 6.25. The van der Waals surface area contributed by atoms with Crippen molar-refractivity contribution in [1.29, 1.82) is 0 Å². The van der Waals surface area contributed by atoms with Crippen LogP contribution in [0.25, 0.3) is 11.1 Å². The van der Waals surface area contributed by atoms with Crippen molar-refractivity contribution in [2.75, 3.05) is 13.2 Å². The Balaban J connectivity index is 1.29. The Morgan fingerprint density at radius 2 is 1.59 bits per heavy atom. The summed E-state index contributed by atoms with van der Waals surface area (Å²) in [5.74, 6) is -1.14. The van der Waals surface area contributed by atoms with E-state index in [0.717, 1.165) is 22.3 Å². The van der Waals surface area contributed by atoms with Gasteiger partial charge in [0.25, 0.3) is 0 Å². The van der Waals surface area contributed by atoms with E-state index in [9.17, 15) is 24.9 Å². The third-order valence-electron chi connectivity index (χ3n) is 6.25. The average Bonchev–Trinajstić information content (AvgIpc) is 3.16. The molecule has 2 unspecified atom stereocenters. The lowest BCUT2D eigenvalue weighted by Gasteiger charge is -2.19. The number of carboxylic acids is 1. The number of benzene rings is 3. The molecular formula is C27H27NO6. The van der Waals surface area contributed by atoms with Gasteiger partial charge in [0, 0.05) is 12.5 Å². The van der Waals surface area contributed by atoms with Crippen LogP contribution in [0.2, 0.25) is 0 Å². The second kappa shape index (κ2) is 10.1. The molecule has 0 aromatic heterocycles. The van der Waals surface area contributed by atoms with Crippen LogP contribution in [0.1, 0.15) is 51.1 Å². The normalized spacial score (nSPS) is 14.1. The molecule has 0 spiro atoms. The van der Waals surface area contributed by atoms with Gasteiger partial charge in [-0.25, -0.2) is 9.59 Å². The average molecular weight is 462 g/mol. The Bertz CT molecular complexity index is 1160. The fourth-order valence-electron chi connectivity index (χ4n) is 4.41. The molecule has 1 aliphatic carbocycles. The van der Waals surface area contributed by atoms with E-state index in [1.165, 1.54) is 6.07 Å². The van der Waals surface area contributed by atoms with Crippen molar-refractivity contribution in [2.24, 2.45) is 0 Å². The lowest BCUT2D eigenvalue weighted by atomic mass is 9.97. The molecule has 0 saturated heterocycles. The highest BCUT2D eigenvalue weighted by Gasteiger charge is 2.29. The number of hydrogen-bond acceptors (Lipinski definition) is 5. The fourth-order valence-corrected chi connectivity index (χ4v) is 4.41. The van der Waals surface area contributed by atoms with Crippen LogP contribution in [-0.4, -0.2) is 46.6 Å². The number of aliphatic hydroxyl groups is 2. The van der Waals surface area contributed by atoms with Crippen LogP contribution in [0.15, 0.2) is 66.7 Å². The van der Waals surface area contributed by atoms with E-state index in [2.05, 4.69) is 17.4 Å². The first-order valence-corrected chi connectivity index (χ1v) is 11.2. The molecule has 0 radical (unpaired) electrons. The van der Waals surface area contributed by atoms with Crippen LogP contribution >= 0.6 is 0 Å². The first kappa shape index (κ1) is 23.5. The van der Waals surface area contributed by atoms with Crippen molar-refractivity contribution in [3.05, 3.63) is 94.5 Å². The summed E-state index contributed by atoms with van der Waals surface area (Å²) in [6.45, 7) is 1.94. The van der Waals surface area contributed by atoms with E-state index < -0.39 is 24.3 Å². The zero-order valence-electron chi connectivity index (χ0n) is 18.8. The van der Waals surface area contributed by atoms with Crippen molar-refractivity contribution in [2.45, 2.75) is 31.5 Å². The summed E-state index contributed by atoms with van der Waals surface area (Å²) >= 11 is 0. The largest absolute Gasteiger partial charge is 0.478 e. The first-order chi connectivity index (χ1) is 16.4. The summed E-state index contributed by atoms with van der Waals surface area (Å²) in [5.41, 5.74) is 5.47. The van der Waals surface area contributed by atoms with Crippen LogP contribution in [0, 0.1) is 6.92 Å². The molecule has 3 aromatic rings. The number of alkyl carbamates (subject to hydrolysis) is 1. The Hall–Kier alpha value is -3.68. The summed E-state index contributed by atoms with van der Waals surface area (Å²) in [5, 5.41) is 32.6. The molecule has 0 aliphatic heterocycles. The van der Waals surface area contributed by atoms with Crippen molar-refractivity contribution >= 4 is 12.1 Å². The number of carbonyl (C=O) groups excluding carboxylic acids is 1. The number of carboxylic acid groups (broad SMARTS) is 1.